The van der Waals surface area contributed by atoms with Gasteiger partial charge in [-0.1, -0.05) is 11.3 Å². The van der Waals surface area contributed by atoms with Crippen LogP contribution in [0.1, 0.15) is 16.8 Å². The average Bonchev–Trinajstić information content (AvgIpc) is 3.43. The number of anilines is 3. The maximum Gasteiger partial charge on any atom is 0.251 e. The van der Waals surface area contributed by atoms with Crippen LogP contribution in [0.3, 0.4) is 0 Å². The Labute approximate surface area is 178 Å². The molecule has 1 amide bonds. The highest BCUT2D eigenvalue weighted by Gasteiger charge is 2.18. The fourth-order valence-electron chi connectivity index (χ4n) is 3.78. The zero-order valence-corrected chi connectivity index (χ0v) is 17.4. The van der Waals surface area contributed by atoms with Crippen molar-refractivity contribution < 1.29 is 9.53 Å². The third-order valence-corrected chi connectivity index (χ3v) is 6.33. The predicted molar refractivity (Wildman–Crippen MR) is 119 cm³/mol. The SMILES string of the molecule is O=C(NC1CCNC1)c1ccnc(Nc2nc3ccc(N4CCOCC4)cc3s2)c1. The van der Waals surface area contributed by atoms with Gasteiger partial charge < -0.3 is 25.6 Å². The number of aromatic nitrogens is 2. The van der Waals surface area contributed by atoms with Crippen molar-refractivity contribution in [3.05, 3.63) is 42.1 Å². The molecule has 9 heteroatoms. The van der Waals surface area contributed by atoms with Crippen LogP contribution >= 0.6 is 11.3 Å². The molecule has 2 aliphatic heterocycles. The van der Waals surface area contributed by atoms with Crippen LogP contribution in [0, 0.1) is 0 Å². The lowest BCUT2D eigenvalue weighted by molar-refractivity contribution is 0.0940. The minimum Gasteiger partial charge on any atom is -0.378 e. The zero-order valence-electron chi connectivity index (χ0n) is 16.6. The van der Waals surface area contributed by atoms with Crippen LogP contribution in [0.25, 0.3) is 10.2 Å². The third-order valence-electron chi connectivity index (χ3n) is 5.40. The molecule has 1 unspecified atom stereocenters. The first-order valence-electron chi connectivity index (χ1n) is 10.2. The van der Waals surface area contributed by atoms with Gasteiger partial charge in [0.05, 0.1) is 23.4 Å². The number of nitrogens with zero attached hydrogens (tertiary/aromatic N) is 3. The Morgan fingerprint density at radius 2 is 2.13 bits per heavy atom. The van der Waals surface area contributed by atoms with Gasteiger partial charge in [0, 0.05) is 43.1 Å². The molecule has 3 aromatic rings. The van der Waals surface area contributed by atoms with Gasteiger partial charge >= 0.3 is 0 Å². The van der Waals surface area contributed by atoms with Crippen molar-refractivity contribution >= 4 is 44.1 Å². The van der Waals surface area contributed by atoms with Crippen molar-refractivity contribution in [1.82, 2.24) is 20.6 Å². The number of morpholine rings is 1. The molecular formula is C21H24N6O2S. The van der Waals surface area contributed by atoms with E-state index in [1.54, 1.807) is 29.7 Å². The second kappa shape index (κ2) is 8.55. The number of thiazole rings is 1. The molecule has 156 valence electrons. The first-order chi connectivity index (χ1) is 14.7. The lowest BCUT2D eigenvalue weighted by Gasteiger charge is -2.28. The number of amides is 1. The normalized spacial score (nSPS) is 19.2. The monoisotopic (exact) mass is 424 g/mol. The molecule has 8 nitrogen and oxygen atoms in total. The van der Waals surface area contributed by atoms with E-state index in [2.05, 4.69) is 49.0 Å². The van der Waals surface area contributed by atoms with Crippen LogP contribution in [-0.4, -0.2) is 61.3 Å². The quantitative estimate of drug-likeness (QED) is 0.579. The summed E-state index contributed by atoms with van der Waals surface area (Å²) in [4.78, 5) is 23.9. The van der Waals surface area contributed by atoms with E-state index >= 15 is 0 Å². The molecule has 1 atom stereocenters. The van der Waals surface area contributed by atoms with E-state index in [1.807, 2.05) is 0 Å². The molecular weight excluding hydrogens is 400 g/mol. The molecule has 1 aromatic carbocycles. The molecule has 2 aromatic heterocycles. The standard InChI is InChI=1S/C21H24N6O2S/c28-20(24-15-4-5-22-13-15)14-3-6-23-19(11-14)26-21-25-17-2-1-16(12-18(17)30-21)27-7-9-29-10-8-27/h1-3,6,11-12,15,22H,4-5,7-10,13H2,(H,24,28)(H,23,25,26). The number of nitrogens with one attached hydrogen (secondary N) is 3. The Morgan fingerprint density at radius 1 is 1.23 bits per heavy atom. The highest BCUT2D eigenvalue weighted by atomic mass is 32.1. The number of fused-ring (bicyclic) bond motifs is 1. The van der Waals surface area contributed by atoms with Gasteiger partial charge in [0.15, 0.2) is 5.13 Å². The fourth-order valence-corrected chi connectivity index (χ4v) is 4.69. The summed E-state index contributed by atoms with van der Waals surface area (Å²) in [6, 6.07) is 10.0. The molecule has 2 fully saturated rings. The lowest BCUT2D eigenvalue weighted by Crippen LogP contribution is -2.36. The molecule has 0 saturated carbocycles. The summed E-state index contributed by atoms with van der Waals surface area (Å²) in [5.41, 5.74) is 2.73. The maximum absolute atomic E-state index is 12.5. The number of rotatable bonds is 5. The minimum absolute atomic E-state index is 0.0754. The molecule has 2 saturated heterocycles. The van der Waals surface area contributed by atoms with E-state index in [1.165, 1.54) is 5.69 Å². The van der Waals surface area contributed by atoms with Crippen LogP contribution in [0.5, 0.6) is 0 Å². The van der Waals surface area contributed by atoms with E-state index in [4.69, 9.17) is 4.74 Å². The summed E-state index contributed by atoms with van der Waals surface area (Å²) >= 11 is 1.58. The second-order valence-corrected chi connectivity index (χ2v) is 8.52. The summed E-state index contributed by atoms with van der Waals surface area (Å²) in [6.45, 7) is 5.11. The topological polar surface area (TPSA) is 91.4 Å². The summed E-state index contributed by atoms with van der Waals surface area (Å²) in [7, 11) is 0. The second-order valence-electron chi connectivity index (χ2n) is 7.49. The molecule has 3 N–H and O–H groups in total. The molecule has 0 aliphatic carbocycles. The van der Waals surface area contributed by atoms with Gasteiger partial charge in [-0.15, -0.1) is 0 Å². The van der Waals surface area contributed by atoms with Gasteiger partial charge in [-0.3, -0.25) is 4.79 Å². The smallest absolute Gasteiger partial charge is 0.251 e. The molecule has 0 spiro atoms. The number of ether oxygens (including phenoxy) is 1. The third kappa shape index (κ3) is 4.23. The average molecular weight is 425 g/mol. The van der Waals surface area contributed by atoms with E-state index in [0.29, 0.717) is 11.4 Å². The van der Waals surface area contributed by atoms with Crippen molar-refractivity contribution in [2.45, 2.75) is 12.5 Å². The number of hydrogen-bond acceptors (Lipinski definition) is 8. The van der Waals surface area contributed by atoms with Gasteiger partial charge in [-0.05, 0) is 43.3 Å². The van der Waals surface area contributed by atoms with Crippen molar-refractivity contribution in [1.29, 1.82) is 0 Å². The lowest BCUT2D eigenvalue weighted by atomic mass is 10.2. The first kappa shape index (κ1) is 19.2. The molecule has 2 aliphatic rings. The minimum atomic E-state index is -0.0754. The Kier molecular flexibility index (Phi) is 5.48. The number of pyridine rings is 1. The number of carbonyl (C=O) groups is 1. The number of carbonyl (C=O) groups excluding carboxylic acids is 1. The van der Waals surface area contributed by atoms with Crippen LogP contribution in [-0.2, 0) is 4.74 Å². The van der Waals surface area contributed by atoms with E-state index in [0.717, 1.165) is 61.2 Å². The Hall–Kier alpha value is -2.75. The van der Waals surface area contributed by atoms with Crippen molar-refractivity contribution in [3.63, 3.8) is 0 Å². The van der Waals surface area contributed by atoms with E-state index in [9.17, 15) is 4.79 Å². The highest BCUT2D eigenvalue weighted by molar-refractivity contribution is 7.22. The van der Waals surface area contributed by atoms with E-state index < -0.39 is 0 Å². The van der Waals surface area contributed by atoms with Gasteiger partial charge in [-0.25, -0.2) is 9.97 Å². The molecule has 0 radical (unpaired) electrons. The Bertz CT molecular complexity index is 1040. The summed E-state index contributed by atoms with van der Waals surface area (Å²) < 4.78 is 6.56. The van der Waals surface area contributed by atoms with Crippen molar-refractivity contribution in [2.75, 3.05) is 49.6 Å². The fraction of sp³-hybridized carbons (Fsp3) is 0.381. The van der Waals surface area contributed by atoms with Gasteiger partial charge in [0.2, 0.25) is 0 Å². The van der Waals surface area contributed by atoms with Crippen LogP contribution in [0.4, 0.5) is 16.6 Å². The first-order valence-corrected chi connectivity index (χ1v) is 11.0. The van der Waals surface area contributed by atoms with Gasteiger partial charge in [-0.2, -0.15) is 0 Å². The molecule has 5 rings (SSSR count). The van der Waals surface area contributed by atoms with Crippen molar-refractivity contribution in [2.24, 2.45) is 0 Å². The van der Waals surface area contributed by atoms with Gasteiger partial charge in [0.25, 0.3) is 5.91 Å². The van der Waals surface area contributed by atoms with E-state index in [-0.39, 0.29) is 11.9 Å². The Morgan fingerprint density at radius 3 is 2.97 bits per heavy atom. The molecule has 4 heterocycles. The van der Waals surface area contributed by atoms with Crippen LogP contribution in [0.2, 0.25) is 0 Å². The summed E-state index contributed by atoms with van der Waals surface area (Å²) in [6.07, 6.45) is 2.61. The number of hydrogen-bond donors (Lipinski definition) is 3. The summed E-state index contributed by atoms with van der Waals surface area (Å²) in [5.74, 6) is 0.535. The zero-order chi connectivity index (χ0) is 20.3. The molecule has 0 bridgehead atoms. The van der Waals surface area contributed by atoms with Crippen LogP contribution < -0.4 is 20.9 Å². The highest BCUT2D eigenvalue weighted by Crippen LogP contribution is 2.31. The molecule has 30 heavy (non-hydrogen) atoms. The number of benzene rings is 1. The van der Waals surface area contributed by atoms with Crippen LogP contribution in [0.15, 0.2) is 36.5 Å². The summed E-state index contributed by atoms with van der Waals surface area (Å²) in [5, 5.41) is 10.3. The predicted octanol–water partition coefficient (Wildman–Crippen LogP) is 2.36. The maximum atomic E-state index is 12.5. The van der Waals surface area contributed by atoms with Crippen molar-refractivity contribution in [3.8, 4) is 0 Å². The largest absolute Gasteiger partial charge is 0.378 e. The van der Waals surface area contributed by atoms with Gasteiger partial charge in [0.1, 0.15) is 5.82 Å². The Balaban J connectivity index is 1.30.